The van der Waals surface area contributed by atoms with Crippen LogP contribution in [-0.2, 0) is 13.3 Å². The molecule has 0 heterocycles. The van der Waals surface area contributed by atoms with Gasteiger partial charge in [0.1, 0.15) is 0 Å². The lowest BCUT2D eigenvalue weighted by atomic mass is 10.0. The maximum atomic E-state index is 5.98. The van der Waals surface area contributed by atoms with Gasteiger partial charge >= 0.3 is 8.80 Å². The van der Waals surface area contributed by atoms with Gasteiger partial charge in [-0.05, 0) is 26.7 Å². The molecule has 0 bridgehead atoms. The fraction of sp³-hybridized carbons (Fsp3) is 0.846. The fourth-order valence-electron chi connectivity index (χ4n) is 2.51. The molecule has 0 amide bonds. The van der Waals surface area contributed by atoms with Crippen LogP contribution in [0.25, 0.3) is 0 Å². The molecule has 0 aliphatic heterocycles. The van der Waals surface area contributed by atoms with E-state index >= 15 is 0 Å². The standard InChI is InChI=1S/C13H26O3Si/c1-4-12-16-17(14-5-2,15-6-3)13-10-8-7-9-11-13/h4,13H,1,5-12H2,2-3H3. The van der Waals surface area contributed by atoms with Gasteiger partial charge in [0.25, 0.3) is 0 Å². The van der Waals surface area contributed by atoms with Gasteiger partial charge in [0.15, 0.2) is 0 Å². The van der Waals surface area contributed by atoms with Gasteiger partial charge in [-0.15, -0.1) is 6.58 Å². The second kappa shape index (κ2) is 8.03. The summed E-state index contributed by atoms with van der Waals surface area (Å²) in [5.41, 5.74) is 0.482. The summed E-state index contributed by atoms with van der Waals surface area (Å²) < 4.78 is 17.9. The van der Waals surface area contributed by atoms with Crippen molar-refractivity contribution in [1.29, 1.82) is 0 Å². The third-order valence-corrected chi connectivity index (χ3v) is 6.73. The molecule has 4 heteroatoms. The first-order chi connectivity index (χ1) is 8.29. The first-order valence-electron chi connectivity index (χ1n) is 6.81. The molecule has 0 aromatic carbocycles. The Labute approximate surface area is 107 Å². The van der Waals surface area contributed by atoms with Gasteiger partial charge in [-0.3, -0.25) is 0 Å². The molecular formula is C13H26O3Si. The highest BCUT2D eigenvalue weighted by atomic mass is 28.4. The fourth-order valence-corrected chi connectivity index (χ4v) is 5.74. The van der Waals surface area contributed by atoms with E-state index in [1.807, 2.05) is 13.8 Å². The largest absolute Gasteiger partial charge is 0.504 e. The molecule has 1 saturated carbocycles. The van der Waals surface area contributed by atoms with Crippen molar-refractivity contribution in [3.63, 3.8) is 0 Å². The van der Waals surface area contributed by atoms with Crippen molar-refractivity contribution in [1.82, 2.24) is 0 Å². The average molecular weight is 258 g/mol. The smallest absolute Gasteiger partial charge is 0.374 e. The molecule has 0 aromatic rings. The molecule has 0 N–H and O–H groups in total. The summed E-state index contributed by atoms with van der Waals surface area (Å²) in [7, 11) is -2.49. The van der Waals surface area contributed by atoms with Crippen molar-refractivity contribution < 1.29 is 13.3 Å². The highest BCUT2D eigenvalue weighted by Gasteiger charge is 2.49. The van der Waals surface area contributed by atoms with Crippen LogP contribution in [0.2, 0.25) is 5.54 Å². The highest BCUT2D eigenvalue weighted by Crippen LogP contribution is 2.38. The Kier molecular flexibility index (Phi) is 7.04. The van der Waals surface area contributed by atoms with Crippen molar-refractivity contribution >= 4 is 8.80 Å². The Balaban J connectivity index is 2.73. The zero-order chi connectivity index (χ0) is 12.6. The van der Waals surface area contributed by atoms with Gasteiger partial charge < -0.3 is 13.3 Å². The second-order valence-corrected chi connectivity index (χ2v) is 7.29. The van der Waals surface area contributed by atoms with E-state index in [1.165, 1.54) is 32.1 Å². The van der Waals surface area contributed by atoms with E-state index in [-0.39, 0.29) is 0 Å². The molecule has 1 rings (SSSR count). The molecule has 17 heavy (non-hydrogen) atoms. The third-order valence-electron chi connectivity index (χ3n) is 3.20. The molecule has 3 nitrogen and oxygen atoms in total. The summed E-state index contributed by atoms with van der Waals surface area (Å²) in [4.78, 5) is 0. The maximum absolute atomic E-state index is 5.98. The normalized spacial score (nSPS) is 18.2. The van der Waals surface area contributed by atoms with Crippen LogP contribution in [0.15, 0.2) is 12.7 Å². The van der Waals surface area contributed by atoms with Crippen molar-refractivity contribution in [2.24, 2.45) is 0 Å². The summed E-state index contributed by atoms with van der Waals surface area (Å²) in [6.07, 6.45) is 8.03. The van der Waals surface area contributed by atoms with Crippen LogP contribution in [0.5, 0.6) is 0 Å². The van der Waals surface area contributed by atoms with Gasteiger partial charge in [-0.2, -0.15) is 0 Å². The van der Waals surface area contributed by atoms with Crippen molar-refractivity contribution in [3.05, 3.63) is 12.7 Å². The SMILES string of the molecule is C=CCO[Si](OCC)(OCC)C1CCCCC1. The number of hydrogen-bond donors (Lipinski definition) is 0. The minimum atomic E-state index is -2.49. The second-order valence-electron chi connectivity index (χ2n) is 4.40. The first-order valence-corrected chi connectivity index (χ1v) is 8.62. The lowest BCUT2D eigenvalue weighted by molar-refractivity contribution is 0.0605. The van der Waals surface area contributed by atoms with E-state index in [0.717, 1.165) is 0 Å². The number of hydrogen-bond acceptors (Lipinski definition) is 3. The lowest BCUT2D eigenvalue weighted by Gasteiger charge is -2.37. The lowest BCUT2D eigenvalue weighted by Crippen LogP contribution is -2.51. The molecule has 1 aliphatic rings. The van der Waals surface area contributed by atoms with E-state index < -0.39 is 8.80 Å². The predicted octanol–water partition coefficient (Wildman–Crippen LogP) is 3.54. The summed E-state index contributed by atoms with van der Waals surface area (Å²) >= 11 is 0. The van der Waals surface area contributed by atoms with Gasteiger partial charge in [-0.25, -0.2) is 0 Å². The Morgan fingerprint density at radius 2 is 1.65 bits per heavy atom. The number of rotatable bonds is 8. The van der Waals surface area contributed by atoms with Crippen LogP contribution in [0.3, 0.4) is 0 Å². The van der Waals surface area contributed by atoms with E-state index in [0.29, 0.717) is 25.4 Å². The van der Waals surface area contributed by atoms with Crippen LogP contribution in [0.1, 0.15) is 46.0 Å². The van der Waals surface area contributed by atoms with E-state index in [4.69, 9.17) is 13.3 Å². The first kappa shape index (κ1) is 14.9. The molecule has 1 aliphatic carbocycles. The molecule has 0 spiro atoms. The van der Waals surface area contributed by atoms with Crippen LogP contribution in [0.4, 0.5) is 0 Å². The molecule has 0 radical (unpaired) electrons. The van der Waals surface area contributed by atoms with Crippen LogP contribution >= 0.6 is 0 Å². The van der Waals surface area contributed by atoms with E-state index in [9.17, 15) is 0 Å². The predicted molar refractivity (Wildman–Crippen MR) is 72.0 cm³/mol. The topological polar surface area (TPSA) is 27.7 Å². The van der Waals surface area contributed by atoms with Gasteiger partial charge in [0, 0.05) is 18.8 Å². The van der Waals surface area contributed by atoms with Gasteiger partial charge in [-0.1, -0.05) is 25.3 Å². The van der Waals surface area contributed by atoms with Crippen LogP contribution < -0.4 is 0 Å². The Morgan fingerprint density at radius 3 is 2.12 bits per heavy atom. The maximum Gasteiger partial charge on any atom is 0.504 e. The Morgan fingerprint density at radius 1 is 1.06 bits per heavy atom. The summed E-state index contributed by atoms with van der Waals surface area (Å²) in [5, 5.41) is 0. The van der Waals surface area contributed by atoms with E-state index in [1.54, 1.807) is 6.08 Å². The Hall–Kier alpha value is -0.163. The average Bonchev–Trinajstić information content (AvgIpc) is 2.37. The summed E-state index contributed by atoms with van der Waals surface area (Å²) in [6, 6.07) is 0. The molecule has 100 valence electrons. The molecule has 0 unspecified atom stereocenters. The van der Waals surface area contributed by atoms with Gasteiger partial charge in [0.2, 0.25) is 0 Å². The summed E-state index contributed by atoms with van der Waals surface area (Å²) in [6.45, 7) is 9.61. The monoisotopic (exact) mass is 258 g/mol. The zero-order valence-electron chi connectivity index (χ0n) is 11.2. The zero-order valence-corrected chi connectivity index (χ0v) is 12.2. The summed E-state index contributed by atoms with van der Waals surface area (Å²) in [5.74, 6) is 0. The highest BCUT2D eigenvalue weighted by molar-refractivity contribution is 6.62. The van der Waals surface area contributed by atoms with Crippen LogP contribution in [-0.4, -0.2) is 28.6 Å². The molecule has 0 aromatic heterocycles. The van der Waals surface area contributed by atoms with Crippen molar-refractivity contribution in [2.45, 2.75) is 51.5 Å². The van der Waals surface area contributed by atoms with Gasteiger partial charge in [0.05, 0.1) is 6.61 Å². The molecule has 0 atom stereocenters. The molecule has 0 saturated heterocycles. The minimum absolute atomic E-state index is 0.482. The molecular weight excluding hydrogens is 232 g/mol. The molecule has 1 fully saturated rings. The Bertz CT molecular complexity index is 209. The van der Waals surface area contributed by atoms with Crippen LogP contribution in [0, 0.1) is 0 Å². The quantitative estimate of drug-likeness (QED) is 0.492. The van der Waals surface area contributed by atoms with E-state index in [2.05, 4.69) is 6.58 Å². The minimum Gasteiger partial charge on any atom is -0.374 e. The van der Waals surface area contributed by atoms with Crippen molar-refractivity contribution in [3.8, 4) is 0 Å². The third kappa shape index (κ3) is 4.21. The van der Waals surface area contributed by atoms with Crippen molar-refractivity contribution in [2.75, 3.05) is 19.8 Å².